The van der Waals surface area contributed by atoms with Crippen LogP contribution in [0.5, 0.6) is 0 Å². The molecule has 0 fully saturated rings. The highest BCUT2D eigenvalue weighted by Crippen LogP contribution is 2.47. The van der Waals surface area contributed by atoms with Gasteiger partial charge in [0.1, 0.15) is 0 Å². The minimum atomic E-state index is -0.759. The lowest BCUT2D eigenvalue weighted by Gasteiger charge is -2.20. The van der Waals surface area contributed by atoms with E-state index in [-0.39, 0.29) is 5.91 Å². The second kappa shape index (κ2) is 3.70. The molecule has 0 aliphatic carbocycles. The van der Waals surface area contributed by atoms with Gasteiger partial charge in [0.2, 0.25) is 5.91 Å². The van der Waals surface area contributed by atoms with Gasteiger partial charge in [0, 0.05) is 11.3 Å². The van der Waals surface area contributed by atoms with E-state index in [2.05, 4.69) is 21.2 Å². The van der Waals surface area contributed by atoms with E-state index in [1.165, 1.54) is 0 Å². The smallest absolute Gasteiger partial charge is 0.250 e. The van der Waals surface area contributed by atoms with E-state index < -0.39 is 4.32 Å². The van der Waals surface area contributed by atoms with Crippen molar-refractivity contribution in [2.75, 3.05) is 5.32 Å². The standard InChI is InChI=1S/C14H10BrNO/c15-14(10-6-2-1-3-7-10)11-8-4-5-9-12(11)16-13(14)17/h1-9H,(H,16,17). The number of halogens is 1. The Bertz CT molecular complexity index is 582. The normalized spacial score (nSPS) is 22.1. The van der Waals surface area contributed by atoms with Gasteiger partial charge in [-0.2, -0.15) is 0 Å². The number of amides is 1. The zero-order valence-corrected chi connectivity index (χ0v) is 10.6. The summed E-state index contributed by atoms with van der Waals surface area (Å²) in [5, 5.41) is 2.90. The minimum Gasteiger partial charge on any atom is -0.324 e. The molecule has 1 amide bonds. The maximum atomic E-state index is 12.2. The van der Waals surface area contributed by atoms with E-state index >= 15 is 0 Å². The molecule has 1 aliphatic heterocycles. The summed E-state index contributed by atoms with van der Waals surface area (Å²) in [4.78, 5) is 12.2. The molecule has 1 N–H and O–H groups in total. The van der Waals surface area contributed by atoms with E-state index in [1.54, 1.807) is 0 Å². The number of fused-ring (bicyclic) bond motifs is 1. The SMILES string of the molecule is O=C1Nc2ccccc2C1(Br)c1ccccc1. The number of hydrogen-bond donors (Lipinski definition) is 1. The first kappa shape index (κ1) is 10.5. The molecule has 17 heavy (non-hydrogen) atoms. The molecule has 2 aromatic rings. The predicted molar refractivity (Wildman–Crippen MR) is 71.2 cm³/mol. The average molecular weight is 288 g/mol. The van der Waals surface area contributed by atoms with Crippen LogP contribution in [-0.2, 0) is 9.12 Å². The number of benzene rings is 2. The molecule has 0 spiro atoms. The van der Waals surface area contributed by atoms with Crippen LogP contribution >= 0.6 is 15.9 Å². The van der Waals surface area contributed by atoms with Gasteiger partial charge in [-0.25, -0.2) is 0 Å². The fraction of sp³-hybridized carbons (Fsp3) is 0.0714. The van der Waals surface area contributed by atoms with Crippen LogP contribution in [0.3, 0.4) is 0 Å². The van der Waals surface area contributed by atoms with E-state index in [0.29, 0.717) is 0 Å². The molecule has 84 valence electrons. The largest absolute Gasteiger partial charge is 0.324 e. The van der Waals surface area contributed by atoms with E-state index in [1.807, 2.05) is 54.6 Å². The zero-order valence-electron chi connectivity index (χ0n) is 8.98. The molecule has 0 saturated carbocycles. The molecule has 0 radical (unpaired) electrons. The number of carbonyl (C=O) groups excluding carboxylic acids is 1. The number of para-hydroxylation sites is 1. The first-order valence-electron chi connectivity index (χ1n) is 5.38. The second-order valence-corrected chi connectivity index (χ2v) is 5.21. The Morgan fingerprint density at radius 1 is 0.941 bits per heavy atom. The van der Waals surface area contributed by atoms with Gasteiger partial charge in [-0.15, -0.1) is 0 Å². The van der Waals surface area contributed by atoms with Crippen LogP contribution in [0.2, 0.25) is 0 Å². The topological polar surface area (TPSA) is 29.1 Å². The van der Waals surface area contributed by atoms with Crippen LogP contribution in [0.4, 0.5) is 5.69 Å². The monoisotopic (exact) mass is 287 g/mol. The Morgan fingerprint density at radius 3 is 2.35 bits per heavy atom. The third kappa shape index (κ3) is 1.42. The van der Waals surface area contributed by atoms with E-state index in [0.717, 1.165) is 16.8 Å². The maximum absolute atomic E-state index is 12.2. The van der Waals surface area contributed by atoms with Crippen LogP contribution in [0, 0.1) is 0 Å². The second-order valence-electron chi connectivity index (χ2n) is 4.02. The molecule has 2 nitrogen and oxygen atoms in total. The Hall–Kier alpha value is -1.61. The lowest BCUT2D eigenvalue weighted by atomic mass is 9.92. The van der Waals surface area contributed by atoms with Gasteiger partial charge < -0.3 is 5.32 Å². The van der Waals surface area contributed by atoms with Crippen molar-refractivity contribution >= 4 is 27.5 Å². The highest BCUT2D eigenvalue weighted by Gasteiger charge is 2.45. The van der Waals surface area contributed by atoms with E-state index in [4.69, 9.17) is 0 Å². The van der Waals surface area contributed by atoms with Crippen molar-refractivity contribution in [3.8, 4) is 0 Å². The van der Waals surface area contributed by atoms with Gasteiger partial charge in [-0.1, -0.05) is 64.5 Å². The van der Waals surface area contributed by atoms with Crippen molar-refractivity contribution < 1.29 is 4.79 Å². The Morgan fingerprint density at radius 2 is 1.59 bits per heavy atom. The van der Waals surface area contributed by atoms with Gasteiger partial charge in [0.05, 0.1) is 0 Å². The van der Waals surface area contributed by atoms with Crippen LogP contribution in [0.25, 0.3) is 0 Å². The fourth-order valence-corrected chi connectivity index (χ4v) is 2.89. The summed E-state index contributed by atoms with van der Waals surface area (Å²) in [6.45, 7) is 0. The molecular formula is C14H10BrNO. The summed E-state index contributed by atoms with van der Waals surface area (Å²) in [7, 11) is 0. The first-order valence-corrected chi connectivity index (χ1v) is 6.17. The van der Waals surface area contributed by atoms with Crippen molar-refractivity contribution in [2.45, 2.75) is 4.32 Å². The zero-order chi connectivity index (χ0) is 11.9. The van der Waals surface area contributed by atoms with Crippen molar-refractivity contribution in [1.82, 2.24) is 0 Å². The van der Waals surface area contributed by atoms with Gasteiger partial charge in [0.15, 0.2) is 4.32 Å². The lowest BCUT2D eigenvalue weighted by molar-refractivity contribution is -0.116. The molecule has 3 heteroatoms. The molecule has 0 aromatic heterocycles. The van der Waals surface area contributed by atoms with Gasteiger partial charge in [0.25, 0.3) is 0 Å². The summed E-state index contributed by atoms with van der Waals surface area (Å²) in [6.07, 6.45) is 0. The Labute approximate surface area is 108 Å². The first-order chi connectivity index (χ1) is 8.23. The molecule has 1 unspecified atom stereocenters. The van der Waals surface area contributed by atoms with Crippen LogP contribution in [-0.4, -0.2) is 5.91 Å². The number of alkyl halides is 1. The molecular weight excluding hydrogens is 278 g/mol. The summed E-state index contributed by atoms with van der Waals surface area (Å²) in [5.74, 6) is -0.0371. The summed E-state index contributed by atoms with van der Waals surface area (Å²) in [5.41, 5.74) is 2.79. The minimum absolute atomic E-state index is 0.0371. The Kier molecular flexibility index (Phi) is 2.30. The van der Waals surface area contributed by atoms with Gasteiger partial charge in [-0.05, 0) is 11.6 Å². The third-order valence-corrected chi connectivity index (χ3v) is 4.28. The number of carbonyl (C=O) groups is 1. The Balaban J connectivity index is 2.24. The van der Waals surface area contributed by atoms with Crippen LogP contribution < -0.4 is 5.32 Å². The molecule has 3 rings (SSSR count). The van der Waals surface area contributed by atoms with Crippen molar-refractivity contribution in [3.05, 3.63) is 65.7 Å². The quantitative estimate of drug-likeness (QED) is 0.802. The fourth-order valence-electron chi connectivity index (χ4n) is 2.18. The number of anilines is 1. The highest BCUT2D eigenvalue weighted by atomic mass is 79.9. The van der Waals surface area contributed by atoms with Crippen LogP contribution in [0.1, 0.15) is 11.1 Å². The molecule has 0 bridgehead atoms. The van der Waals surface area contributed by atoms with Crippen molar-refractivity contribution in [3.63, 3.8) is 0 Å². The van der Waals surface area contributed by atoms with Crippen molar-refractivity contribution in [2.24, 2.45) is 0 Å². The molecule has 1 atom stereocenters. The average Bonchev–Trinajstić information content (AvgIpc) is 2.64. The van der Waals surface area contributed by atoms with Crippen LogP contribution in [0.15, 0.2) is 54.6 Å². The molecule has 1 aliphatic rings. The summed E-state index contributed by atoms with van der Waals surface area (Å²) in [6, 6.07) is 17.5. The predicted octanol–water partition coefficient (Wildman–Crippen LogP) is 3.28. The van der Waals surface area contributed by atoms with Gasteiger partial charge >= 0.3 is 0 Å². The van der Waals surface area contributed by atoms with Crippen molar-refractivity contribution in [1.29, 1.82) is 0 Å². The number of rotatable bonds is 1. The molecule has 1 heterocycles. The lowest BCUT2D eigenvalue weighted by Crippen LogP contribution is -2.28. The maximum Gasteiger partial charge on any atom is 0.250 e. The van der Waals surface area contributed by atoms with Gasteiger partial charge in [-0.3, -0.25) is 4.79 Å². The number of hydrogen-bond acceptors (Lipinski definition) is 1. The summed E-state index contributed by atoms with van der Waals surface area (Å²) < 4.78 is -0.759. The molecule has 0 saturated heterocycles. The third-order valence-electron chi connectivity index (χ3n) is 3.03. The molecule has 2 aromatic carbocycles. The highest BCUT2D eigenvalue weighted by molar-refractivity contribution is 9.10. The summed E-state index contributed by atoms with van der Waals surface area (Å²) >= 11 is 3.61. The van der Waals surface area contributed by atoms with E-state index in [9.17, 15) is 4.79 Å². The number of nitrogens with one attached hydrogen (secondary N) is 1.